The second-order valence-electron chi connectivity index (χ2n) is 5.97. The third-order valence-corrected chi connectivity index (χ3v) is 4.35. The lowest BCUT2D eigenvalue weighted by Gasteiger charge is -2.10. The highest BCUT2D eigenvalue weighted by atomic mass is 35.5. The number of fused-ring (bicyclic) bond motifs is 1. The second kappa shape index (κ2) is 6.22. The Morgan fingerprint density at radius 1 is 1.08 bits per heavy atom. The molecule has 3 aromatic heterocycles. The zero-order valence-corrected chi connectivity index (χ0v) is 14.7. The van der Waals surface area contributed by atoms with Gasteiger partial charge in [-0.25, -0.2) is 0 Å². The molecule has 126 valence electrons. The van der Waals surface area contributed by atoms with Crippen molar-refractivity contribution in [1.82, 2.24) is 24.4 Å². The van der Waals surface area contributed by atoms with Crippen molar-refractivity contribution in [2.75, 3.05) is 5.32 Å². The predicted octanol–water partition coefficient (Wildman–Crippen LogP) is 3.70. The van der Waals surface area contributed by atoms with E-state index in [-0.39, 0.29) is 0 Å². The summed E-state index contributed by atoms with van der Waals surface area (Å²) in [6.45, 7) is 2.61. The molecule has 4 aromatic rings. The van der Waals surface area contributed by atoms with Crippen molar-refractivity contribution in [3.8, 4) is 11.1 Å². The van der Waals surface area contributed by atoms with E-state index in [4.69, 9.17) is 11.6 Å². The molecule has 6 nitrogen and oxygen atoms in total. The van der Waals surface area contributed by atoms with Crippen LogP contribution in [0.5, 0.6) is 0 Å². The average Bonchev–Trinajstić information content (AvgIpc) is 3.19. The van der Waals surface area contributed by atoms with Crippen LogP contribution in [0.3, 0.4) is 0 Å². The Morgan fingerprint density at radius 3 is 2.60 bits per heavy atom. The Labute approximate surface area is 150 Å². The summed E-state index contributed by atoms with van der Waals surface area (Å²) in [5.74, 6) is 0.843. The molecule has 1 N–H and O–H groups in total. The number of nitrogens with one attached hydrogen (secondary N) is 1. The minimum absolute atomic E-state index is 0.666. The number of aromatic nitrogens is 5. The quantitative estimate of drug-likeness (QED) is 0.608. The van der Waals surface area contributed by atoms with Crippen molar-refractivity contribution in [2.45, 2.75) is 13.5 Å². The van der Waals surface area contributed by atoms with Crippen molar-refractivity contribution >= 4 is 22.9 Å². The highest BCUT2D eigenvalue weighted by molar-refractivity contribution is 6.30. The first-order valence-corrected chi connectivity index (χ1v) is 8.31. The van der Waals surface area contributed by atoms with Gasteiger partial charge in [-0.2, -0.15) is 5.10 Å². The monoisotopic (exact) mass is 352 g/mol. The van der Waals surface area contributed by atoms with Gasteiger partial charge in [0.2, 0.25) is 0 Å². The van der Waals surface area contributed by atoms with Crippen molar-refractivity contribution in [3.05, 3.63) is 65.3 Å². The number of hydrogen-bond acceptors (Lipinski definition) is 4. The van der Waals surface area contributed by atoms with E-state index in [0.29, 0.717) is 6.54 Å². The van der Waals surface area contributed by atoms with Crippen LogP contribution in [0.2, 0.25) is 5.02 Å². The lowest BCUT2D eigenvalue weighted by molar-refractivity contribution is 0.767. The summed E-state index contributed by atoms with van der Waals surface area (Å²) in [4.78, 5) is 0. The van der Waals surface area contributed by atoms with Crippen LogP contribution in [-0.4, -0.2) is 24.4 Å². The third kappa shape index (κ3) is 3.08. The maximum absolute atomic E-state index is 6.01. The van der Waals surface area contributed by atoms with Crippen LogP contribution in [-0.2, 0) is 13.6 Å². The van der Waals surface area contributed by atoms with Crippen molar-refractivity contribution < 1.29 is 0 Å². The lowest BCUT2D eigenvalue weighted by atomic mass is 10.1. The van der Waals surface area contributed by atoms with Gasteiger partial charge in [-0.05, 0) is 30.7 Å². The summed E-state index contributed by atoms with van der Waals surface area (Å²) in [6, 6.07) is 9.89. The fourth-order valence-corrected chi connectivity index (χ4v) is 2.92. The zero-order chi connectivity index (χ0) is 17.4. The van der Waals surface area contributed by atoms with E-state index in [1.807, 2.05) is 61.2 Å². The van der Waals surface area contributed by atoms with Crippen molar-refractivity contribution in [1.29, 1.82) is 0 Å². The smallest absolute Gasteiger partial charge is 0.184 e. The van der Waals surface area contributed by atoms with Crippen molar-refractivity contribution in [2.24, 2.45) is 7.05 Å². The highest BCUT2D eigenvalue weighted by Crippen LogP contribution is 2.27. The van der Waals surface area contributed by atoms with E-state index in [9.17, 15) is 0 Å². The number of nitrogens with zero attached hydrogens (tertiary/aromatic N) is 5. The minimum Gasteiger partial charge on any atom is -0.378 e. The number of benzene rings is 1. The summed E-state index contributed by atoms with van der Waals surface area (Å²) >= 11 is 6.01. The van der Waals surface area contributed by atoms with E-state index in [0.717, 1.165) is 38.9 Å². The molecule has 7 heteroatoms. The van der Waals surface area contributed by atoms with Gasteiger partial charge in [0.15, 0.2) is 5.65 Å². The summed E-state index contributed by atoms with van der Waals surface area (Å²) < 4.78 is 3.79. The molecule has 0 bridgehead atoms. The Balaban J connectivity index is 1.75. The molecule has 0 amide bonds. The molecule has 0 aliphatic heterocycles. The van der Waals surface area contributed by atoms with Gasteiger partial charge in [0.25, 0.3) is 0 Å². The largest absolute Gasteiger partial charge is 0.378 e. The Kier molecular flexibility index (Phi) is 3.89. The summed E-state index contributed by atoms with van der Waals surface area (Å²) in [5.41, 5.74) is 4.99. The molecular formula is C18H17ClN6. The molecule has 0 radical (unpaired) electrons. The van der Waals surface area contributed by atoms with Crippen LogP contribution in [0, 0.1) is 6.92 Å². The van der Waals surface area contributed by atoms with Gasteiger partial charge >= 0.3 is 0 Å². The van der Waals surface area contributed by atoms with E-state index in [1.165, 1.54) is 0 Å². The Hall–Kier alpha value is -2.86. The number of pyridine rings is 1. The maximum atomic E-state index is 6.01. The fourth-order valence-electron chi connectivity index (χ4n) is 2.79. The van der Waals surface area contributed by atoms with Crippen LogP contribution in [0.1, 0.15) is 11.4 Å². The van der Waals surface area contributed by atoms with Gasteiger partial charge in [-0.3, -0.25) is 9.08 Å². The van der Waals surface area contributed by atoms with E-state index in [2.05, 4.69) is 26.7 Å². The van der Waals surface area contributed by atoms with Crippen molar-refractivity contribution in [3.63, 3.8) is 0 Å². The Morgan fingerprint density at radius 2 is 1.88 bits per heavy atom. The van der Waals surface area contributed by atoms with Gasteiger partial charge < -0.3 is 5.32 Å². The van der Waals surface area contributed by atoms with Crippen LogP contribution in [0.4, 0.5) is 5.69 Å². The molecule has 25 heavy (non-hydrogen) atoms. The van der Waals surface area contributed by atoms with E-state index < -0.39 is 0 Å². The van der Waals surface area contributed by atoms with Crippen LogP contribution in [0.15, 0.2) is 48.9 Å². The van der Waals surface area contributed by atoms with Crippen LogP contribution < -0.4 is 5.32 Å². The Bertz CT molecular complexity index is 1030. The predicted molar refractivity (Wildman–Crippen MR) is 98.7 cm³/mol. The number of aryl methyl sites for hydroxylation is 2. The molecule has 3 heterocycles. The molecule has 0 atom stereocenters. The molecule has 0 unspecified atom stereocenters. The molecule has 1 aromatic carbocycles. The molecule has 0 aliphatic rings. The molecule has 0 fully saturated rings. The van der Waals surface area contributed by atoms with Gasteiger partial charge in [-0.15, -0.1) is 10.2 Å². The van der Waals surface area contributed by atoms with Gasteiger partial charge in [-0.1, -0.05) is 23.7 Å². The first kappa shape index (κ1) is 15.7. The second-order valence-corrected chi connectivity index (χ2v) is 6.40. The molecule has 0 saturated heterocycles. The topological polar surface area (TPSA) is 60.0 Å². The SMILES string of the molecule is Cc1nnc2c(NCc3cnn(C)c3)cc(-c3ccc(Cl)cc3)cn12. The summed E-state index contributed by atoms with van der Waals surface area (Å²) in [6.07, 6.45) is 5.88. The van der Waals surface area contributed by atoms with E-state index >= 15 is 0 Å². The molecule has 0 spiro atoms. The zero-order valence-electron chi connectivity index (χ0n) is 13.9. The highest BCUT2D eigenvalue weighted by Gasteiger charge is 2.11. The minimum atomic E-state index is 0.666. The van der Waals surface area contributed by atoms with Crippen LogP contribution in [0.25, 0.3) is 16.8 Å². The molecule has 4 rings (SSSR count). The number of rotatable bonds is 4. The molecule has 0 aliphatic carbocycles. The maximum Gasteiger partial charge on any atom is 0.184 e. The number of hydrogen-bond donors (Lipinski definition) is 1. The average molecular weight is 353 g/mol. The summed E-state index contributed by atoms with van der Waals surface area (Å²) in [5, 5.41) is 16.9. The van der Waals surface area contributed by atoms with Gasteiger partial charge in [0, 0.05) is 42.1 Å². The van der Waals surface area contributed by atoms with E-state index in [1.54, 1.807) is 4.68 Å². The lowest BCUT2D eigenvalue weighted by Crippen LogP contribution is -2.02. The standard InChI is InChI=1S/C18H17ClN6/c1-12-22-23-18-17(20-8-13-9-21-24(2)10-13)7-15(11-25(12)18)14-3-5-16(19)6-4-14/h3-7,9-11,20H,8H2,1-2H3. The molecular weight excluding hydrogens is 336 g/mol. The molecule has 0 saturated carbocycles. The first-order valence-electron chi connectivity index (χ1n) is 7.93. The third-order valence-electron chi connectivity index (χ3n) is 4.09. The normalized spacial score (nSPS) is 11.2. The van der Waals surface area contributed by atoms with Gasteiger partial charge in [0.05, 0.1) is 11.9 Å². The fraction of sp³-hybridized carbons (Fsp3) is 0.167. The first-order chi connectivity index (χ1) is 12.1. The summed E-state index contributed by atoms with van der Waals surface area (Å²) in [7, 11) is 1.91. The van der Waals surface area contributed by atoms with Crippen LogP contribution >= 0.6 is 11.6 Å². The number of halogens is 1. The number of anilines is 1. The van der Waals surface area contributed by atoms with Gasteiger partial charge in [0.1, 0.15) is 5.82 Å².